The molecular weight excluding hydrogens is 415 g/mol. The zero-order chi connectivity index (χ0) is 22.0. The van der Waals surface area contributed by atoms with Gasteiger partial charge in [-0.3, -0.25) is 4.79 Å². The third-order valence-electron chi connectivity index (χ3n) is 5.92. The van der Waals surface area contributed by atoms with Crippen LogP contribution < -0.4 is 10.3 Å². The molecule has 0 amide bonds. The van der Waals surface area contributed by atoms with E-state index in [-0.39, 0.29) is 46.5 Å². The number of fused-ring (bicyclic) bond motifs is 1. The lowest BCUT2D eigenvalue weighted by atomic mass is 9.96. The Morgan fingerprint density at radius 3 is 2.47 bits per heavy atom. The number of aromatic carboxylic acids is 1. The highest BCUT2D eigenvalue weighted by atomic mass is 32.2. The molecule has 2 unspecified atom stereocenters. The summed E-state index contributed by atoms with van der Waals surface area (Å²) >= 11 is 0. The van der Waals surface area contributed by atoms with Gasteiger partial charge in [-0.1, -0.05) is 6.92 Å². The highest BCUT2D eigenvalue weighted by Gasteiger charge is 2.35. The van der Waals surface area contributed by atoms with Gasteiger partial charge >= 0.3 is 5.97 Å². The van der Waals surface area contributed by atoms with Gasteiger partial charge in [0.05, 0.1) is 22.7 Å². The van der Waals surface area contributed by atoms with Crippen LogP contribution in [0.15, 0.2) is 22.0 Å². The van der Waals surface area contributed by atoms with Crippen LogP contribution in [0.5, 0.6) is 0 Å². The van der Waals surface area contributed by atoms with Crippen molar-refractivity contribution in [2.75, 3.05) is 24.2 Å². The fourth-order valence-electron chi connectivity index (χ4n) is 4.22. The number of pyridine rings is 1. The molecule has 2 atom stereocenters. The maximum absolute atomic E-state index is 15.3. The molecule has 0 bridgehead atoms. The van der Waals surface area contributed by atoms with Crippen LogP contribution in [0.3, 0.4) is 0 Å². The largest absolute Gasteiger partial charge is 0.477 e. The van der Waals surface area contributed by atoms with E-state index in [4.69, 9.17) is 0 Å². The van der Waals surface area contributed by atoms with Gasteiger partial charge in [0.1, 0.15) is 16.3 Å². The summed E-state index contributed by atoms with van der Waals surface area (Å²) in [6, 6.07) is 0.801. The van der Waals surface area contributed by atoms with Crippen LogP contribution in [-0.2, 0) is 9.84 Å². The molecule has 1 aromatic carbocycles. The number of halogens is 1. The molecule has 10 heteroatoms. The van der Waals surface area contributed by atoms with Crippen molar-refractivity contribution in [2.45, 2.75) is 43.2 Å². The molecule has 162 valence electrons. The molecule has 1 aliphatic heterocycles. The summed E-state index contributed by atoms with van der Waals surface area (Å²) in [6.45, 7) is 2.32. The molecule has 4 rings (SSSR count). The quantitative estimate of drug-likeness (QED) is 0.747. The fourth-order valence-corrected chi connectivity index (χ4v) is 5.36. The minimum absolute atomic E-state index is 0.0465. The number of aromatic nitrogens is 1. The number of benzene rings is 1. The normalized spacial score (nSPS) is 22.5. The lowest BCUT2D eigenvalue weighted by Gasteiger charge is -2.37. The number of nitrogens with zero attached hydrogens (tertiary/aromatic N) is 2. The van der Waals surface area contributed by atoms with Crippen molar-refractivity contribution < 1.29 is 27.8 Å². The summed E-state index contributed by atoms with van der Waals surface area (Å²) < 4.78 is 42.5. The third-order valence-corrected chi connectivity index (χ3v) is 7.04. The Morgan fingerprint density at radius 2 is 1.93 bits per heavy atom. The molecule has 1 aliphatic carbocycles. The smallest absolute Gasteiger partial charge is 0.341 e. The Kier molecular flexibility index (Phi) is 4.89. The number of sulfone groups is 1. The second kappa shape index (κ2) is 7.05. The van der Waals surface area contributed by atoms with Crippen molar-refractivity contribution in [2.24, 2.45) is 5.92 Å². The van der Waals surface area contributed by atoms with Crippen LogP contribution >= 0.6 is 0 Å². The number of carboxylic acid groups (broad SMARTS) is 1. The van der Waals surface area contributed by atoms with Crippen LogP contribution in [0.25, 0.3) is 10.9 Å². The highest BCUT2D eigenvalue weighted by molar-refractivity contribution is 7.91. The first-order valence-electron chi connectivity index (χ1n) is 9.78. The van der Waals surface area contributed by atoms with Crippen LogP contribution in [0.2, 0.25) is 0 Å². The maximum atomic E-state index is 15.3. The second-order valence-corrected chi connectivity index (χ2v) is 10.3. The molecule has 30 heavy (non-hydrogen) atoms. The van der Waals surface area contributed by atoms with Crippen LogP contribution in [0.4, 0.5) is 10.1 Å². The van der Waals surface area contributed by atoms with Crippen molar-refractivity contribution in [3.63, 3.8) is 0 Å². The lowest BCUT2D eigenvalue weighted by molar-refractivity contribution is 0.0694. The molecule has 2 fully saturated rings. The van der Waals surface area contributed by atoms with Crippen LogP contribution in [0.1, 0.15) is 42.6 Å². The Hall–Kier alpha value is -2.46. The molecule has 2 aromatic rings. The molecular formula is C20H23FN2O6S. The van der Waals surface area contributed by atoms with E-state index in [2.05, 4.69) is 0 Å². The first kappa shape index (κ1) is 20.8. The first-order valence-corrected chi connectivity index (χ1v) is 11.7. The van der Waals surface area contributed by atoms with E-state index in [1.54, 1.807) is 11.8 Å². The summed E-state index contributed by atoms with van der Waals surface area (Å²) in [5, 5.41) is 19.2. The van der Waals surface area contributed by atoms with Gasteiger partial charge in [-0.2, -0.15) is 0 Å². The summed E-state index contributed by atoms with van der Waals surface area (Å²) in [5.41, 5.74) is -1.51. The lowest BCUT2D eigenvalue weighted by Crippen LogP contribution is -2.43. The number of piperidine rings is 1. The zero-order valence-corrected chi connectivity index (χ0v) is 17.4. The number of carboxylic acids is 1. The predicted molar refractivity (Wildman–Crippen MR) is 109 cm³/mol. The molecule has 2 heterocycles. The number of rotatable bonds is 4. The standard InChI is InChI=1S/C20H23FN2O6S/c1-10-8-22(6-5-15(10)24)17-14(21)7-12-16(19(17)30(2,28)29)23(11-3-4-11)9-13(18(12)25)20(26)27/h7,9-11,15,24H,3-6,8H2,1-2H3,(H,26,27). The Balaban J connectivity index is 2.11. The molecule has 2 N–H and O–H groups in total. The first-order chi connectivity index (χ1) is 14.0. The average molecular weight is 438 g/mol. The summed E-state index contributed by atoms with van der Waals surface area (Å²) in [7, 11) is -3.99. The van der Waals surface area contributed by atoms with E-state index >= 15 is 4.39 Å². The molecule has 0 radical (unpaired) electrons. The summed E-state index contributed by atoms with van der Waals surface area (Å²) in [6.07, 6.45) is 3.34. The Bertz CT molecular complexity index is 1220. The van der Waals surface area contributed by atoms with Crippen molar-refractivity contribution >= 4 is 32.4 Å². The number of aliphatic hydroxyl groups is 1. The van der Waals surface area contributed by atoms with Crippen molar-refractivity contribution in [1.82, 2.24) is 4.57 Å². The number of carbonyl (C=O) groups is 1. The molecule has 1 aromatic heterocycles. The van der Waals surface area contributed by atoms with Gasteiger partial charge in [0.25, 0.3) is 0 Å². The van der Waals surface area contributed by atoms with E-state index < -0.39 is 38.7 Å². The fraction of sp³-hybridized carbons (Fsp3) is 0.500. The number of aliphatic hydroxyl groups excluding tert-OH is 1. The number of anilines is 1. The van der Waals surface area contributed by atoms with E-state index in [0.717, 1.165) is 12.3 Å². The molecule has 0 spiro atoms. The minimum Gasteiger partial charge on any atom is -0.477 e. The van der Waals surface area contributed by atoms with Crippen LogP contribution in [-0.4, -0.2) is 54.6 Å². The zero-order valence-electron chi connectivity index (χ0n) is 16.6. The second-order valence-electron chi connectivity index (χ2n) is 8.30. The van der Waals surface area contributed by atoms with Gasteiger partial charge in [-0.25, -0.2) is 17.6 Å². The highest BCUT2D eigenvalue weighted by Crippen LogP contribution is 2.42. The van der Waals surface area contributed by atoms with Crippen molar-refractivity contribution in [3.05, 3.63) is 33.9 Å². The average Bonchev–Trinajstić information content (AvgIpc) is 3.48. The summed E-state index contributed by atoms with van der Waals surface area (Å²) in [4.78, 5) is 25.6. The third kappa shape index (κ3) is 3.37. The van der Waals surface area contributed by atoms with Gasteiger partial charge in [0.15, 0.2) is 9.84 Å². The summed E-state index contributed by atoms with van der Waals surface area (Å²) in [5.74, 6) is -2.53. The SMILES string of the molecule is CC1CN(c2c(F)cc3c(=O)c(C(=O)O)cn(C4CC4)c3c2S(C)(=O)=O)CCC1O. The van der Waals surface area contributed by atoms with E-state index in [0.29, 0.717) is 19.3 Å². The van der Waals surface area contributed by atoms with E-state index in [1.165, 1.54) is 10.8 Å². The van der Waals surface area contributed by atoms with Gasteiger partial charge < -0.3 is 19.7 Å². The maximum Gasteiger partial charge on any atom is 0.341 e. The van der Waals surface area contributed by atoms with Crippen LogP contribution in [0, 0.1) is 11.7 Å². The van der Waals surface area contributed by atoms with Crippen molar-refractivity contribution in [3.8, 4) is 0 Å². The minimum atomic E-state index is -3.99. The van der Waals surface area contributed by atoms with Gasteiger partial charge in [0.2, 0.25) is 5.43 Å². The number of hydrogen-bond donors (Lipinski definition) is 2. The number of hydrogen-bond acceptors (Lipinski definition) is 6. The monoisotopic (exact) mass is 438 g/mol. The molecule has 1 saturated carbocycles. The molecule has 1 saturated heterocycles. The Labute approximate surface area is 172 Å². The van der Waals surface area contributed by atoms with Gasteiger partial charge in [-0.05, 0) is 31.2 Å². The van der Waals surface area contributed by atoms with Gasteiger partial charge in [0, 0.05) is 31.6 Å². The molecule has 2 aliphatic rings. The van der Waals surface area contributed by atoms with Gasteiger partial charge in [-0.15, -0.1) is 0 Å². The topological polar surface area (TPSA) is 117 Å². The van der Waals surface area contributed by atoms with Crippen molar-refractivity contribution in [1.29, 1.82) is 0 Å². The Morgan fingerprint density at radius 1 is 1.27 bits per heavy atom. The predicted octanol–water partition coefficient (Wildman–Crippen LogP) is 1.78. The van der Waals surface area contributed by atoms with E-state index in [1.807, 2.05) is 0 Å². The van der Waals surface area contributed by atoms with E-state index in [9.17, 15) is 28.2 Å². The molecule has 8 nitrogen and oxygen atoms in total.